The Morgan fingerprint density at radius 1 is 0.421 bits per heavy atom. The molecule has 0 atom stereocenters. The number of aryl methyl sites for hydroxylation is 1. The molecule has 0 spiro atoms. The molecule has 0 unspecified atom stereocenters. The number of unbranched alkanes of at least 4 members (excludes halogenated alkanes) is 2. The first-order valence-electron chi connectivity index (χ1n) is 13.7. The van der Waals surface area contributed by atoms with E-state index in [4.69, 9.17) is 4.74 Å². The summed E-state index contributed by atoms with van der Waals surface area (Å²) >= 11 is 0. The van der Waals surface area contributed by atoms with Crippen LogP contribution in [0.15, 0.2) is 146 Å². The molecule has 5 aromatic carbocycles. The molecule has 0 amide bonds. The minimum absolute atomic E-state index is 0.785. The molecule has 0 radical (unpaired) electrons. The summed E-state index contributed by atoms with van der Waals surface area (Å²) in [5.41, 5.74) is 2.82. The molecule has 0 saturated carbocycles. The third-order valence-electron chi connectivity index (χ3n) is 7.16. The minimum Gasteiger partial charge on any atom is -0.494 e. The molecule has 2 heteroatoms. The summed E-state index contributed by atoms with van der Waals surface area (Å²) in [4.78, 5) is 0. The topological polar surface area (TPSA) is 9.23 Å². The van der Waals surface area contributed by atoms with Crippen LogP contribution in [0.3, 0.4) is 0 Å². The number of hydrogen-bond donors (Lipinski definition) is 0. The zero-order valence-corrected chi connectivity index (χ0v) is 22.8. The molecule has 0 bridgehead atoms. The highest BCUT2D eigenvalue weighted by Gasteiger charge is 2.45. The van der Waals surface area contributed by atoms with Crippen molar-refractivity contribution in [2.24, 2.45) is 0 Å². The third kappa shape index (κ3) is 6.42. The van der Waals surface area contributed by atoms with Crippen LogP contribution in [-0.2, 0) is 12.6 Å². The monoisotopic (exact) mass is 515 g/mol. The molecular formula is C36H36OP+. The lowest BCUT2D eigenvalue weighted by atomic mass is 10.1. The second-order valence-corrected chi connectivity index (χ2v) is 13.2. The summed E-state index contributed by atoms with van der Waals surface area (Å²) in [5.74, 6) is 0.962. The maximum absolute atomic E-state index is 5.83. The van der Waals surface area contributed by atoms with E-state index in [1.807, 2.05) is 30.3 Å². The Hall–Kier alpha value is -3.67. The van der Waals surface area contributed by atoms with Gasteiger partial charge in [-0.3, -0.25) is 0 Å². The van der Waals surface area contributed by atoms with Gasteiger partial charge in [-0.15, -0.1) is 0 Å². The summed E-state index contributed by atoms with van der Waals surface area (Å²) < 4.78 is 5.83. The second-order valence-electron chi connectivity index (χ2n) is 9.76. The number of benzene rings is 5. The summed E-state index contributed by atoms with van der Waals surface area (Å²) in [6, 6.07) is 52.9. The van der Waals surface area contributed by atoms with E-state index in [9.17, 15) is 0 Å². The summed E-state index contributed by atoms with van der Waals surface area (Å²) in [6.07, 6.45) is 5.58. The fraction of sp³-hybridized carbons (Fsp3) is 0.167. The Morgan fingerprint density at radius 3 is 1.37 bits per heavy atom. The highest BCUT2D eigenvalue weighted by atomic mass is 31.2. The molecule has 1 nitrogen and oxygen atoms in total. The molecule has 0 fully saturated rings. The van der Waals surface area contributed by atoms with E-state index in [2.05, 4.69) is 115 Å². The van der Waals surface area contributed by atoms with Gasteiger partial charge in [0.15, 0.2) is 0 Å². The Balaban J connectivity index is 1.29. The van der Waals surface area contributed by atoms with Crippen LogP contribution < -0.4 is 20.7 Å². The van der Waals surface area contributed by atoms with Gasteiger partial charge in [0, 0.05) is 0 Å². The van der Waals surface area contributed by atoms with Gasteiger partial charge in [-0.2, -0.15) is 0 Å². The molecular weight excluding hydrogens is 479 g/mol. The smallest absolute Gasteiger partial charge is 0.119 e. The van der Waals surface area contributed by atoms with Crippen molar-refractivity contribution in [3.05, 3.63) is 157 Å². The van der Waals surface area contributed by atoms with Gasteiger partial charge in [0.1, 0.15) is 28.9 Å². The number of para-hydroxylation sites is 1. The van der Waals surface area contributed by atoms with Gasteiger partial charge < -0.3 is 4.74 Å². The predicted octanol–water partition coefficient (Wildman–Crippen LogP) is 7.97. The van der Waals surface area contributed by atoms with Crippen LogP contribution in [-0.4, -0.2) is 6.61 Å². The van der Waals surface area contributed by atoms with E-state index in [-0.39, 0.29) is 0 Å². The van der Waals surface area contributed by atoms with Crippen LogP contribution in [0.25, 0.3) is 0 Å². The molecule has 5 rings (SSSR count). The molecule has 0 aliphatic carbocycles. The average molecular weight is 516 g/mol. The molecule has 0 aromatic heterocycles. The zero-order chi connectivity index (χ0) is 25.9. The van der Waals surface area contributed by atoms with Crippen LogP contribution in [0.2, 0.25) is 0 Å². The largest absolute Gasteiger partial charge is 0.494 e. The summed E-state index contributed by atoms with van der Waals surface area (Å²) in [6.45, 7) is 0.785. The molecule has 0 saturated heterocycles. The molecule has 0 aliphatic rings. The third-order valence-corrected chi connectivity index (χ3v) is 11.5. The van der Waals surface area contributed by atoms with Crippen molar-refractivity contribution in [1.29, 1.82) is 0 Å². The van der Waals surface area contributed by atoms with Crippen molar-refractivity contribution in [3.63, 3.8) is 0 Å². The van der Waals surface area contributed by atoms with Crippen molar-refractivity contribution in [3.8, 4) is 5.75 Å². The molecule has 190 valence electrons. The van der Waals surface area contributed by atoms with Crippen LogP contribution in [0.5, 0.6) is 5.75 Å². The predicted molar refractivity (Wildman–Crippen MR) is 165 cm³/mol. The molecule has 0 aliphatic heterocycles. The summed E-state index contributed by atoms with van der Waals surface area (Å²) in [7, 11) is -1.86. The maximum atomic E-state index is 5.83. The first kappa shape index (κ1) is 26.0. The highest BCUT2D eigenvalue weighted by Crippen LogP contribution is 2.58. The summed E-state index contributed by atoms with van der Waals surface area (Å²) in [5, 5.41) is 4.29. The van der Waals surface area contributed by atoms with E-state index in [1.165, 1.54) is 39.9 Å². The molecule has 0 N–H and O–H groups in total. The van der Waals surface area contributed by atoms with Crippen LogP contribution >= 0.6 is 7.26 Å². The van der Waals surface area contributed by atoms with Crippen LogP contribution in [0.1, 0.15) is 30.4 Å². The number of hydrogen-bond acceptors (Lipinski definition) is 1. The Labute approximate surface area is 228 Å². The Bertz CT molecular complexity index is 1250. The fourth-order valence-electron chi connectivity index (χ4n) is 5.17. The van der Waals surface area contributed by atoms with Crippen molar-refractivity contribution >= 4 is 23.2 Å². The van der Waals surface area contributed by atoms with E-state index < -0.39 is 7.26 Å². The first-order valence-corrected chi connectivity index (χ1v) is 15.6. The lowest BCUT2D eigenvalue weighted by molar-refractivity contribution is 0.305. The van der Waals surface area contributed by atoms with Crippen molar-refractivity contribution < 1.29 is 4.74 Å². The fourth-order valence-corrected chi connectivity index (χ4v) is 9.41. The van der Waals surface area contributed by atoms with Crippen molar-refractivity contribution in [2.45, 2.75) is 31.8 Å². The molecule has 0 heterocycles. The maximum Gasteiger partial charge on any atom is 0.119 e. The van der Waals surface area contributed by atoms with Crippen molar-refractivity contribution in [2.75, 3.05) is 6.61 Å². The lowest BCUT2D eigenvalue weighted by Crippen LogP contribution is -2.32. The van der Waals surface area contributed by atoms with Crippen LogP contribution in [0, 0.1) is 0 Å². The van der Waals surface area contributed by atoms with E-state index in [1.54, 1.807) is 0 Å². The van der Waals surface area contributed by atoms with E-state index in [0.717, 1.165) is 31.4 Å². The lowest BCUT2D eigenvalue weighted by Gasteiger charge is -2.28. The highest BCUT2D eigenvalue weighted by molar-refractivity contribution is 7.95. The van der Waals surface area contributed by atoms with Gasteiger partial charge in [0.05, 0.1) is 12.8 Å². The van der Waals surface area contributed by atoms with E-state index in [0.29, 0.717) is 0 Å². The van der Waals surface area contributed by atoms with Crippen LogP contribution in [0.4, 0.5) is 0 Å². The van der Waals surface area contributed by atoms with Gasteiger partial charge >= 0.3 is 0 Å². The SMILES string of the molecule is c1ccc(OCCCCCc2ccc(C[P+](c3ccccc3)(c3ccccc3)c3ccccc3)cc2)cc1. The second kappa shape index (κ2) is 13.2. The van der Waals surface area contributed by atoms with Gasteiger partial charge in [0.25, 0.3) is 0 Å². The average Bonchev–Trinajstić information content (AvgIpc) is 3.00. The molecule has 5 aromatic rings. The van der Waals surface area contributed by atoms with Gasteiger partial charge in [-0.05, 0) is 85.3 Å². The minimum atomic E-state index is -1.86. The van der Waals surface area contributed by atoms with Gasteiger partial charge in [-0.1, -0.05) is 97.1 Å². The Kier molecular flexibility index (Phi) is 9.03. The quantitative estimate of drug-likeness (QED) is 0.121. The number of ether oxygens (including phenoxy) is 1. The number of rotatable bonds is 12. The standard InChI is InChI=1S/C36H36OP/c1-7-17-33(18-8-1)37-29-15-5-6-16-31-25-27-32(28-26-31)30-38(34-19-9-2-10-20-34,35-21-11-3-12-22-35)36-23-13-4-14-24-36/h1-4,7-14,17-28H,5-6,15-16,29-30H2/q+1. The first-order chi connectivity index (χ1) is 18.8. The van der Waals surface area contributed by atoms with Gasteiger partial charge in [-0.25, -0.2) is 0 Å². The van der Waals surface area contributed by atoms with Gasteiger partial charge in [0.2, 0.25) is 0 Å². The molecule has 38 heavy (non-hydrogen) atoms. The van der Waals surface area contributed by atoms with Crippen molar-refractivity contribution in [1.82, 2.24) is 0 Å². The zero-order valence-electron chi connectivity index (χ0n) is 22.0. The van der Waals surface area contributed by atoms with E-state index >= 15 is 0 Å². The normalized spacial score (nSPS) is 11.3. The Morgan fingerprint density at radius 2 is 0.868 bits per heavy atom.